The maximum Gasteiger partial charge on any atom is 0.411 e. The summed E-state index contributed by atoms with van der Waals surface area (Å²) in [5.41, 5.74) is 1.22. The smallest absolute Gasteiger partial charge is 0.411 e. The summed E-state index contributed by atoms with van der Waals surface area (Å²) in [6, 6.07) is 39.3. The minimum atomic E-state index is -3.01. The maximum absolute atomic E-state index is 14.2. The Morgan fingerprint density at radius 2 is 1.06 bits per heavy atom. The molecule has 1 aliphatic heterocycles. The van der Waals surface area contributed by atoms with E-state index in [1.807, 2.05) is 93.6 Å². The summed E-state index contributed by atoms with van der Waals surface area (Å²) in [6.07, 6.45) is -1.83. The van der Waals surface area contributed by atoms with E-state index in [0.717, 1.165) is 21.5 Å². The van der Waals surface area contributed by atoms with Crippen LogP contribution in [0, 0.1) is 0 Å². The second-order valence-electron chi connectivity index (χ2n) is 14.7. The lowest BCUT2D eigenvalue weighted by Gasteiger charge is -2.44. The highest BCUT2D eigenvalue weighted by atomic mass is 28.4. The lowest BCUT2D eigenvalue weighted by atomic mass is 10.1. The van der Waals surface area contributed by atoms with Crippen LogP contribution in [0.25, 0.3) is 0 Å². The SMILES string of the molecule is CC(C)(C)OC(=O)N1[C@H](CO)[C@@H](OCc2ccccc2)[C@H](OCc2ccccc2)[C@H]1CO[Si](c1ccccc1)(c1ccccc1)C(C)(C)C. The van der Waals surface area contributed by atoms with Crippen molar-refractivity contribution in [1.82, 2.24) is 4.90 Å². The number of rotatable bonds is 12. The number of nitrogens with zero attached hydrogens (tertiary/aromatic N) is 1. The molecule has 7 nitrogen and oxygen atoms in total. The van der Waals surface area contributed by atoms with Crippen molar-refractivity contribution in [3.8, 4) is 0 Å². The van der Waals surface area contributed by atoms with Crippen molar-refractivity contribution >= 4 is 24.8 Å². The van der Waals surface area contributed by atoms with Gasteiger partial charge in [-0.2, -0.15) is 0 Å². The second kappa shape index (κ2) is 15.8. The fourth-order valence-corrected chi connectivity index (χ4v) is 11.4. The highest BCUT2D eigenvalue weighted by Crippen LogP contribution is 2.39. The normalized spacial score (nSPS) is 19.9. The molecule has 0 aliphatic carbocycles. The molecule has 5 rings (SSSR count). The first kappa shape index (κ1) is 36.5. The lowest BCUT2D eigenvalue weighted by molar-refractivity contribution is -0.0851. The number of amides is 1. The van der Waals surface area contributed by atoms with Gasteiger partial charge in [0.2, 0.25) is 0 Å². The number of ether oxygens (including phenoxy) is 3. The number of aliphatic hydroxyl groups excluding tert-OH is 1. The first-order chi connectivity index (χ1) is 23.4. The Morgan fingerprint density at radius 1 is 0.653 bits per heavy atom. The molecule has 1 saturated heterocycles. The number of hydrogen-bond acceptors (Lipinski definition) is 6. The van der Waals surface area contributed by atoms with Crippen molar-refractivity contribution in [2.24, 2.45) is 0 Å². The third-order valence-corrected chi connectivity index (χ3v) is 14.1. The van der Waals surface area contributed by atoms with Gasteiger partial charge >= 0.3 is 6.09 Å². The molecule has 1 N–H and O–H groups in total. The van der Waals surface area contributed by atoms with Crippen LogP contribution in [-0.2, 0) is 31.9 Å². The van der Waals surface area contributed by atoms with Crippen LogP contribution in [0.3, 0.4) is 0 Å². The van der Waals surface area contributed by atoms with E-state index in [1.54, 1.807) is 4.90 Å². The maximum atomic E-state index is 14.2. The monoisotopic (exact) mass is 681 g/mol. The van der Waals surface area contributed by atoms with E-state index < -0.39 is 44.3 Å². The first-order valence-corrected chi connectivity index (χ1v) is 19.0. The number of carbonyl (C=O) groups excluding carboxylic acids is 1. The second-order valence-corrected chi connectivity index (χ2v) is 19.0. The molecule has 0 unspecified atom stereocenters. The van der Waals surface area contributed by atoms with Crippen molar-refractivity contribution in [2.75, 3.05) is 13.2 Å². The number of hydrogen-bond donors (Lipinski definition) is 1. The fourth-order valence-electron chi connectivity index (χ4n) is 6.87. The van der Waals surface area contributed by atoms with Gasteiger partial charge in [0, 0.05) is 0 Å². The molecule has 1 heterocycles. The zero-order chi connectivity index (χ0) is 35.1. The summed E-state index contributed by atoms with van der Waals surface area (Å²) in [7, 11) is -3.01. The van der Waals surface area contributed by atoms with Crippen LogP contribution in [0.4, 0.5) is 4.79 Å². The summed E-state index contributed by atoms with van der Waals surface area (Å²) >= 11 is 0. The Hall–Kier alpha value is -3.79. The lowest BCUT2D eigenvalue weighted by Crippen LogP contribution is -2.67. The largest absolute Gasteiger partial charge is 0.444 e. The van der Waals surface area contributed by atoms with Gasteiger partial charge < -0.3 is 23.7 Å². The average molecular weight is 682 g/mol. The third kappa shape index (κ3) is 8.51. The molecule has 1 fully saturated rings. The van der Waals surface area contributed by atoms with E-state index >= 15 is 0 Å². The van der Waals surface area contributed by atoms with Gasteiger partial charge in [-0.05, 0) is 47.3 Å². The number of likely N-dealkylation sites (tertiary alicyclic amines) is 1. The third-order valence-electron chi connectivity index (χ3n) is 9.05. The molecule has 49 heavy (non-hydrogen) atoms. The Bertz CT molecular complexity index is 1550. The number of aliphatic hydroxyl groups is 1. The van der Waals surface area contributed by atoms with Crippen molar-refractivity contribution in [3.05, 3.63) is 132 Å². The fraction of sp³-hybridized carbons (Fsp3) is 0.390. The van der Waals surface area contributed by atoms with E-state index in [2.05, 4.69) is 69.3 Å². The number of carbonyl (C=O) groups is 1. The van der Waals surface area contributed by atoms with Crippen molar-refractivity contribution < 1.29 is 28.5 Å². The van der Waals surface area contributed by atoms with Crippen molar-refractivity contribution in [2.45, 2.75) is 89.7 Å². The minimum Gasteiger partial charge on any atom is -0.444 e. The zero-order valence-electron chi connectivity index (χ0n) is 29.6. The number of benzene rings is 4. The van der Waals surface area contributed by atoms with Gasteiger partial charge in [-0.15, -0.1) is 0 Å². The van der Waals surface area contributed by atoms with Crippen LogP contribution in [0.1, 0.15) is 52.7 Å². The van der Waals surface area contributed by atoms with Crippen LogP contribution < -0.4 is 10.4 Å². The quantitative estimate of drug-likeness (QED) is 0.168. The van der Waals surface area contributed by atoms with E-state index in [4.69, 9.17) is 18.6 Å². The van der Waals surface area contributed by atoms with Crippen molar-refractivity contribution in [1.29, 1.82) is 0 Å². The molecule has 260 valence electrons. The highest BCUT2D eigenvalue weighted by Gasteiger charge is 2.56. The molecule has 0 bridgehead atoms. The van der Waals surface area contributed by atoms with Gasteiger partial charge in [0.25, 0.3) is 8.32 Å². The van der Waals surface area contributed by atoms with Crippen molar-refractivity contribution in [3.63, 3.8) is 0 Å². The van der Waals surface area contributed by atoms with Gasteiger partial charge in [-0.1, -0.05) is 142 Å². The molecule has 1 amide bonds. The standard InChI is InChI=1S/C41H51NO6Si/c1-40(2,3)48-39(44)42-35(27-43)37(45-28-31-19-11-7-12-20-31)38(46-29-32-21-13-8-14-22-32)36(42)30-47-49(41(4,5)6,33-23-15-9-16-24-33)34-25-17-10-18-26-34/h7-26,35-38,43H,27-30H2,1-6H3/t35-,36-,37-,38-/m1/s1. The van der Waals surface area contributed by atoms with E-state index in [9.17, 15) is 9.90 Å². The molecule has 1 aliphatic rings. The van der Waals surface area contributed by atoms with Gasteiger partial charge in [-0.3, -0.25) is 4.90 Å². The Kier molecular flexibility index (Phi) is 11.8. The van der Waals surface area contributed by atoms with Crippen LogP contribution in [0.15, 0.2) is 121 Å². The Labute approximate surface area is 292 Å². The molecule has 0 radical (unpaired) electrons. The molecule has 4 aromatic rings. The molecular formula is C41H51NO6Si. The molecule has 8 heteroatoms. The molecule has 4 aromatic carbocycles. The highest BCUT2D eigenvalue weighted by molar-refractivity contribution is 6.99. The summed E-state index contributed by atoms with van der Waals surface area (Å²) in [5, 5.41) is 12.9. The average Bonchev–Trinajstić information content (AvgIpc) is 3.39. The predicted molar refractivity (Wildman–Crippen MR) is 196 cm³/mol. The summed E-state index contributed by atoms with van der Waals surface area (Å²) in [5.74, 6) is 0. The zero-order valence-corrected chi connectivity index (χ0v) is 30.6. The molecule has 4 atom stereocenters. The summed E-state index contributed by atoms with van der Waals surface area (Å²) in [6.45, 7) is 12.6. The molecule has 0 spiro atoms. The van der Waals surface area contributed by atoms with Gasteiger partial charge in [0.05, 0.1) is 38.5 Å². The van der Waals surface area contributed by atoms with E-state index in [1.165, 1.54) is 0 Å². The van der Waals surface area contributed by atoms with Crippen LogP contribution >= 0.6 is 0 Å². The van der Waals surface area contributed by atoms with Crippen LogP contribution in [0.5, 0.6) is 0 Å². The van der Waals surface area contributed by atoms with Gasteiger partial charge in [-0.25, -0.2) is 4.79 Å². The van der Waals surface area contributed by atoms with Crippen LogP contribution in [0.2, 0.25) is 5.04 Å². The summed E-state index contributed by atoms with van der Waals surface area (Å²) < 4.78 is 26.8. The Balaban J connectivity index is 1.60. The van der Waals surface area contributed by atoms with Crippen LogP contribution in [-0.4, -0.2) is 67.5 Å². The van der Waals surface area contributed by atoms with Gasteiger partial charge in [0.1, 0.15) is 17.8 Å². The summed E-state index contributed by atoms with van der Waals surface area (Å²) in [4.78, 5) is 15.8. The predicted octanol–water partition coefficient (Wildman–Crippen LogP) is 6.71. The molecule has 0 aromatic heterocycles. The van der Waals surface area contributed by atoms with E-state index in [-0.39, 0.29) is 24.9 Å². The minimum absolute atomic E-state index is 0.147. The molecule has 0 saturated carbocycles. The topological polar surface area (TPSA) is 77.5 Å². The molecular weight excluding hydrogens is 631 g/mol. The Morgan fingerprint density at radius 3 is 1.45 bits per heavy atom. The van der Waals surface area contributed by atoms with Gasteiger partial charge in [0.15, 0.2) is 0 Å². The first-order valence-electron chi connectivity index (χ1n) is 17.1. The van der Waals surface area contributed by atoms with E-state index in [0.29, 0.717) is 6.61 Å².